The summed E-state index contributed by atoms with van der Waals surface area (Å²) in [7, 11) is 0. The van der Waals surface area contributed by atoms with Gasteiger partial charge in [0.1, 0.15) is 16.5 Å². The number of aryl methyl sites for hydroxylation is 1. The number of halogens is 1. The Morgan fingerprint density at radius 2 is 1.82 bits per heavy atom. The number of thiazole rings is 1. The van der Waals surface area contributed by atoms with Gasteiger partial charge in [-0.1, -0.05) is 24.3 Å². The van der Waals surface area contributed by atoms with Gasteiger partial charge in [0.2, 0.25) is 5.91 Å². The lowest BCUT2D eigenvalue weighted by Crippen LogP contribution is -2.13. The van der Waals surface area contributed by atoms with Gasteiger partial charge in [0.15, 0.2) is 4.34 Å². The Kier molecular flexibility index (Phi) is 5.06. The number of hydrogen-bond donors (Lipinski definition) is 1. The molecule has 0 fully saturated rings. The van der Waals surface area contributed by atoms with Crippen molar-refractivity contribution >= 4 is 39.8 Å². The summed E-state index contributed by atoms with van der Waals surface area (Å²) in [6, 6.07) is 14.0. The van der Waals surface area contributed by atoms with Crippen LogP contribution in [0.25, 0.3) is 22.0 Å². The van der Waals surface area contributed by atoms with E-state index >= 15 is 0 Å². The number of primary amides is 1. The standard InChI is InChI=1S/C20H15FN4OS2/c1-11-16(10-17(22)26)27-20(23-11)28-19-15-5-3-2-4-14(15)18(24-25-19)12-6-8-13(21)9-7-12/h2-9H,10H2,1H3,(H2,22,26). The number of rotatable bonds is 5. The largest absolute Gasteiger partial charge is 0.369 e. The molecule has 28 heavy (non-hydrogen) atoms. The first-order valence-electron chi connectivity index (χ1n) is 8.45. The van der Waals surface area contributed by atoms with Crippen LogP contribution in [0.3, 0.4) is 0 Å². The van der Waals surface area contributed by atoms with Crippen LogP contribution in [0.15, 0.2) is 57.9 Å². The molecule has 0 radical (unpaired) electrons. The van der Waals surface area contributed by atoms with Crippen LogP contribution in [-0.2, 0) is 11.2 Å². The highest BCUT2D eigenvalue weighted by Crippen LogP contribution is 2.37. The number of benzene rings is 2. The van der Waals surface area contributed by atoms with Crippen molar-refractivity contribution in [3.63, 3.8) is 0 Å². The Balaban J connectivity index is 1.74. The van der Waals surface area contributed by atoms with Gasteiger partial charge in [0, 0.05) is 21.2 Å². The second-order valence-corrected chi connectivity index (χ2v) is 8.46. The maximum absolute atomic E-state index is 13.3. The van der Waals surface area contributed by atoms with Crippen LogP contribution in [0.4, 0.5) is 4.39 Å². The van der Waals surface area contributed by atoms with Gasteiger partial charge in [-0.15, -0.1) is 21.5 Å². The van der Waals surface area contributed by atoms with Gasteiger partial charge in [-0.25, -0.2) is 9.37 Å². The van der Waals surface area contributed by atoms with Crippen LogP contribution in [-0.4, -0.2) is 21.1 Å². The fourth-order valence-corrected chi connectivity index (χ4v) is 5.05. The molecule has 0 saturated heterocycles. The van der Waals surface area contributed by atoms with Gasteiger partial charge in [-0.2, -0.15) is 0 Å². The van der Waals surface area contributed by atoms with E-state index in [2.05, 4.69) is 15.2 Å². The third kappa shape index (κ3) is 3.74. The first-order valence-corrected chi connectivity index (χ1v) is 10.1. The molecule has 0 aliphatic heterocycles. The van der Waals surface area contributed by atoms with Crippen LogP contribution in [0.2, 0.25) is 0 Å². The van der Waals surface area contributed by atoms with Crippen molar-refractivity contribution in [3.05, 3.63) is 64.9 Å². The van der Waals surface area contributed by atoms with Gasteiger partial charge in [-0.05, 0) is 43.0 Å². The zero-order valence-electron chi connectivity index (χ0n) is 14.8. The van der Waals surface area contributed by atoms with E-state index in [-0.39, 0.29) is 18.1 Å². The maximum atomic E-state index is 13.3. The fraction of sp³-hybridized carbons (Fsp3) is 0.100. The smallest absolute Gasteiger partial charge is 0.222 e. The topological polar surface area (TPSA) is 81.8 Å². The van der Waals surface area contributed by atoms with Crippen LogP contribution in [0, 0.1) is 12.7 Å². The molecule has 4 rings (SSSR count). The Morgan fingerprint density at radius 3 is 2.54 bits per heavy atom. The summed E-state index contributed by atoms with van der Waals surface area (Å²) in [5.41, 5.74) is 7.60. The summed E-state index contributed by atoms with van der Waals surface area (Å²) < 4.78 is 14.0. The lowest BCUT2D eigenvalue weighted by Gasteiger charge is -2.08. The van der Waals surface area contributed by atoms with Gasteiger partial charge in [-0.3, -0.25) is 4.79 Å². The molecule has 0 aliphatic rings. The van der Waals surface area contributed by atoms with Crippen molar-refractivity contribution in [2.45, 2.75) is 22.7 Å². The summed E-state index contributed by atoms with van der Waals surface area (Å²) in [5.74, 6) is -0.670. The van der Waals surface area contributed by atoms with E-state index in [1.807, 2.05) is 31.2 Å². The molecule has 0 atom stereocenters. The Labute approximate surface area is 168 Å². The van der Waals surface area contributed by atoms with E-state index in [0.29, 0.717) is 5.69 Å². The van der Waals surface area contributed by atoms with Crippen LogP contribution in [0.5, 0.6) is 0 Å². The summed E-state index contributed by atoms with van der Waals surface area (Å²) in [6.45, 7) is 1.86. The number of nitrogens with zero attached hydrogens (tertiary/aromatic N) is 3. The second-order valence-electron chi connectivity index (χ2n) is 6.14. The monoisotopic (exact) mass is 410 g/mol. The lowest BCUT2D eigenvalue weighted by molar-refractivity contribution is -0.117. The highest BCUT2D eigenvalue weighted by atomic mass is 32.2. The van der Waals surface area contributed by atoms with Gasteiger partial charge < -0.3 is 5.73 Å². The van der Waals surface area contributed by atoms with Crippen molar-refractivity contribution in [2.24, 2.45) is 5.73 Å². The summed E-state index contributed by atoms with van der Waals surface area (Å²) >= 11 is 2.84. The Bertz CT molecular complexity index is 1170. The van der Waals surface area contributed by atoms with Crippen molar-refractivity contribution in [1.29, 1.82) is 0 Å². The van der Waals surface area contributed by atoms with Gasteiger partial charge >= 0.3 is 0 Å². The van der Waals surface area contributed by atoms with E-state index in [9.17, 15) is 9.18 Å². The van der Waals surface area contributed by atoms with Crippen molar-refractivity contribution in [1.82, 2.24) is 15.2 Å². The number of nitrogens with two attached hydrogens (primary N) is 1. The predicted molar refractivity (Wildman–Crippen MR) is 109 cm³/mol. The van der Waals surface area contributed by atoms with Crippen LogP contribution >= 0.6 is 23.1 Å². The number of carbonyl (C=O) groups excluding carboxylic acids is 1. The minimum Gasteiger partial charge on any atom is -0.369 e. The number of hydrogen-bond acceptors (Lipinski definition) is 6. The third-order valence-corrected chi connectivity index (χ3v) is 6.38. The molecule has 0 aliphatic carbocycles. The molecule has 2 heterocycles. The van der Waals surface area contributed by atoms with Crippen molar-refractivity contribution in [2.75, 3.05) is 0 Å². The first kappa shape index (κ1) is 18.5. The molecular weight excluding hydrogens is 395 g/mol. The van der Waals surface area contributed by atoms with Gasteiger partial charge in [0.25, 0.3) is 0 Å². The quantitative estimate of drug-likeness (QED) is 0.528. The van der Waals surface area contributed by atoms with Crippen LogP contribution in [0.1, 0.15) is 10.6 Å². The van der Waals surface area contributed by atoms with E-state index in [1.54, 1.807) is 12.1 Å². The normalized spacial score (nSPS) is 11.1. The molecule has 0 bridgehead atoms. The second kappa shape index (κ2) is 7.65. The van der Waals surface area contributed by atoms with E-state index in [4.69, 9.17) is 5.73 Å². The number of amides is 1. The zero-order valence-corrected chi connectivity index (χ0v) is 16.5. The average Bonchev–Trinajstić information content (AvgIpc) is 3.01. The minimum atomic E-state index is -0.378. The number of fused-ring (bicyclic) bond motifs is 1. The molecule has 8 heteroatoms. The molecule has 0 saturated carbocycles. The first-order chi connectivity index (χ1) is 13.5. The molecule has 0 spiro atoms. The van der Waals surface area contributed by atoms with E-state index < -0.39 is 0 Å². The fourth-order valence-electron chi connectivity index (χ4n) is 2.83. The Hall–Kier alpha value is -2.84. The average molecular weight is 410 g/mol. The van der Waals surface area contributed by atoms with E-state index in [1.165, 1.54) is 35.2 Å². The minimum absolute atomic E-state index is 0.181. The lowest BCUT2D eigenvalue weighted by atomic mass is 10.1. The molecule has 140 valence electrons. The third-order valence-electron chi connectivity index (χ3n) is 4.16. The van der Waals surface area contributed by atoms with Crippen LogP contribution < -0.4 is 5.73 Å². The maximum Gasteiger partial charge on any atom is 0.222 e. The molecule has 2 aromatic heterocycles. The summed E-state index contributed by atoms with van der Waals surface area (Å²) in [5, 5.41) is 11.4. The summed E-state index contributed by atoms with van der Waals surface area (Å²) in [6.07, 6.45) is 0.181. The molecule has 0 unspecified atom stereocenters. The predicted octanol–water partition coefficient (Wildman–Crippen LogP) is 4.38. The molecule has 1 amide bonds. The summed E-state index contributed by atoms with van der Waals surface area (Å²) in [4.78, 5) is 16.6. The van der Waals surface area contributed by atoms with Gasteiger partial charge in [0.05, 0.1) is 12.1 Å². The zero-order chi connectivity index (χ0) is 19.7. The molecule has 2 N–H and O–H groups in total. The SMILES string of the molecule is Cc1nc(Sc2nnc(-c3ccc(F)cc3)c3ccccc23)sc1CC(N)=O. The van der Waals surface area contributed by atoms with Crippen molar-refractivity contribution < 1.29 is 9.18 Å². The highest BCUT2D eigenvalue weighted by Gasteiger charge is 2.16. The molecular formula is C20H15FN4OS2. The highest BCUT2D eigenvalue weighted by molar-refractivity contribution is 8.01. The molecule has 5 nitrogen and oxygen atoms in total. The number of carbonyl (C=O) groups is 1. The van der Waals surface area contributed by atoms with Crippen molar-refractivity contribution in [3.8, 4) is 11.3 Å². The van der Waals surface area contributed by atoms with E-state index in [0.717, 1.165) is 36.3 Å². The number of aromatic nitrogens is 3. The Morgan fingerprint density at radius 1 is 1.11 bits per heavy atom. The molecule has 4 aromatic rings. The molecule has 2 aromatic carbocycles.